The summed E-state index contributed by atoms with van der Waals surface area (Å²) >= 11 is 0. The van der Waals surface area contributed by atoms with Gasteiger partial charge in [0.15, 0.2) is 6.61 Å². The molecular weight excluding hydrogens is 368 g/mol. The van der Waals surface area contributed by atoms with Crippen LogP contribution in [0.3, 0.4) is 0 Å². The predicted octanol–water partition coefficient (Wildman–Crippen LogP) is 3.98. The zero-order chi connectivity index (χ0) is 21.1. The fourth-order valence-electron chi connectivity index (χ4n) is 3.27. The van der Waals surface area contributed by atoms with Crippen LogP contribution in [0.5, 0.6) is 0 Å². The lowest BCUT2D eigenvalue weighted by molar-refractivity contribution is -0.119. The molecule has 0 saturated carbocycles. The predicted molar refractivity (Wildman–Crippen MR) is 112 cm³/mol. The first-order valence-electron chi connectivity index (χ1n) is 9.54. The largest absolute Gasteiger partial charge is 0.452 e. The second-order valence-electron chi connectivity index (χ2n) is 7.33. The van der Waals surface area contributed by atoms with Gasteiger partial charge in [-0.2, -0.15) is 5.10 Å². The van der Waals surface area contributed by atoms with Crippen LogP contribution in [0.15, 0.2) is 42.6 Å². The fourth-order valence-corrected chi connectivity index (χ4v) is 3.27. The molecule has 1 N–H and O–H groups in total. The Morgan fingerprint density at radius 3 is 2.45 bits per heavy atom. The number of carbonyl (C=O) groups is 2. The van der Waals surface area contributed by atoms with Crippen molar-refractivity contribution in [3.05, 3.63) is 65.1 Å². The third-order valence-electron chi connectivity index (χ3n) is 4.70. The van der Waals surface area contributed by atoms with Crippen molar-refractivity contribution in [3.63, 3.8) is 0 Å². The Balaban J connectivity index is 1.68. The molecule has 0 aliphatic heterocycles. The van der Waals surface area contributed by atoms with E-state index in [0.717, 1.165) is 17.1 Å². The van der Waals surface area contributed by atoms with Gasteiger partial charge in [0.05, 0.1) is 11.8 Å². The summed E-state index contributed by atoms with van der Waals surface area (Å²) in [7, 11) is 0. The summed E-state index contributed by atoms with van der Waals surface area (Å²) < 4.78 is 8.94. The lowest BCUT2D eigenvalue weighted by Crippen LogP contribution is -2.23. The van der Waals surface area contributed by atoms with Gasteiger partial charge in [-0.3, -0.25) is 4.79 Å². The van der Waals surface area contributed by atoms with Gasteiger partial charge in [-0.1, -0.05) is 17.7 Å². The van der Waals surface area contributed by atoms with Crippen molar-refractivity contribution in [2.45, 2.75) is 40.7 Å². The van der Waals surface area contributed by atoms with Gasteiger partial charge in [0, 0.05) is 29.2 Å². The molecule has 0 fully saturated rings. The highest BCUT2D eigenvalue weighted by Gasteiger charge is 2.19. The number of aryl methyl sites for hydroxylation is 2. The monoisotopic (exact) mass is 394 g/mol. The topological polar surface area (TPSA) is 78.2 Å². The van der Waals surface area contributed by atoms with E-state index in [1.807, 2.05) is 63.5 Å². The van der Waals surface area contributed by atoms with Gasteiger partial charge in [0.2, 0.25) is 0 Å². The molecule has 1 amide bonds. The number of ether oxygens (including phenoxy) is 1. The Labute approximate surface area is 170 Å². The minimum atomic E-state index is -0.524. The van der Waals surface area contributed by atoms with Crippen LogP contribution in [0.25, 0.3) is 5.69 Å². The number of esters is 1. The lowest BCUT2D eigenvalue weighted by Gasteiger charge is -2.12. The molecule has 0 aliphatic carbocycles. The summed E-state index contributed by atoms with van der Waals surface area (Å²) in [4.78, 5) is 24.8. The van der Waals surface area contributed by atoms with Crippen molar-refractivity contribution in [2.24, 2.45) is 0 Å². The first kappa shape index (κ1) is 20.4. The Morgan fingerprint density at radius 1 is 1.10 bits per heavy atom. The number of hydrogen-bond donors (Lipinski definition) is 1. The summed E-state index contributed by atoms with van der Waals surface area (Å²) in [5.41, 5.74) is 4.28. The molecule has 29 heavy (non-hydrogen) atoms. The lowest BCUT2D eigenvalue weighted by atomic mass is 10.2. The van der Waals surface area contributed by atoms with Gasteiger partial charge in [-0.25, -0.2) is 9.48 Å². The average molecular weight is 394 g/mol. The van der Waals surface area contributed by atoms with Gasteiger partial charge in [0.1, 0.15) is 5.82 Å². The van der Waals surface area contributed by atoms with E-state index in [9.17, 15) is 9.59 Å². The molecule has 152 valence electrons. The van der Waals surface area contributed by atoms with E-state index in [2.05, 4.69) is 10.4 Å². The Hall–Kier alpha value is -3.35. The average Bonchev–Trinajstić information content (AvgIpc) is 3.25. The summed E-state index contributed by atoms with van der Waals surface area (Å²) in [5, 5.41) is 6.88. The van der Waals surface area contributed by atoms with E-state index in [1.54, 1.807) is 23.0 Å². The van der Waals surface area contributed by atoms with Gasteiger partial charge in [-0.05, 0) is 52.8 Å². The Morgan fingerprint density at radius 2 is 1.79 bits per heavy atom. The first-order chi connectivity index (χ1) is 13.8. The van der Waals surface area contributed by atoms with Gasteiger partial charge in [0.25, 0.3) is 5.91 Å². The number of aromatic nitrogens is 3. The molecule has 2 aromatic heterocycles. The highest BCUT2D eigenvalue weighted by atomic mass is 16.5. The molecule has 3 aromatic rings. The number of benzene rings is 1. The number of hydrogen-bond acceptors (Lipinski definition) is 4. The number of carbonyl (C=O) groups excluding carboxylic acids is 2. The van der Waals surface area contributed by atoms with Crippen molar-refractivity contribution >= 4 is 17.7 Å². The molecule has 2 heterocycles. The summed E-state index contributed by atoms with van der Waals surface area (Å²) in [6, 6.07) is 11.7. The second-order valence-corrected chi connectivity index (χ2v) is 7.33. The van der Waals surface area contributed by atoms with E-state index in [1.165, 1.54) is 5.56 Å². The summed E-state index contributed by atoms with van der Waals surface area (Å²) in [6.07, 6.45) is 1.61. The number of amides is 1. The van der Waals surface area contributed by atoms with Crippen molar-refractivity contribution in [1.29, 1.82) is 0 Å². The SMILES string of the molecule is Cc1ccc(-n2c(C)cc(C(=O)OCC(=O)Nc3ccnn3C(C)C)c2C)cc1. The second kappa shape index (κ2) is 8.34. The first-order valence-corrected chi connectivity index (χ1v) is 9.54. The van der Waals surface area contributed by atoms with Crippen molar-refractivity contribution in [1.82, 2.24) is 14.3 Å². The van der Waals surface area contributed by atoms with Crippen molar-refractivity contribution < 1.29 is 14.3 Å². The molecule has 7 nitrogen and oxygen atoms in total. The molecule has 0 atom stereocenters. The molecule has 0 saturated heterocycles. The van der Waals surface area contributed by atoms with Crippen LogP contribution in [0, 0.1) is 20.8 Å². The van der Waals surface area contributed by atoms with Crippen LogP contribution in [0.4, 0.5) is 5.82 Å². The Bertz CT molecular complexity index is 1030. The maximum absolute atomic E-state index is 12.6. The van der Waals surface area contributed by atoms with E-state index in [0.29, 0.717) is 11.4 Å². The quantitative estimate of drug-likeness (QED) is 0.642. The maximum Gasteiger partial charge on any atom is 0.340 e. The van der Waals surface area contributed by atoms with E-state index in [4.69, 9.17) is 4.74 Å². The van der Waals surface area contributed by atoms with Crippen LogP contribution in [-0.2, 0) is 9.53 Å². The highest BCUT2D eigenvalue weighted by molar-refractivity contribution is 5.96. The van der Waals surface area contributed by atoms with E-state index in [-0.39, 0.29) is 12.6 Å². The highest BCUT2D eigenvalue weighted by Crippen LogP contribution is 2.22. The Kier molecular flexibility index (Phi) is 5.87. The molecule has 0 spiro atoms. The van der Waals surface area contributed by atoms with Gasteiger partial charge in [-0.15, -0.1) is 0 Å². The van der Waals surface area contributed by atoms with E-state index < -0.39 is 11.9 Å². The number of nitrogens with zero attached hydrogens (tertiary/aromatic N) is 3. The van der Waals surface area contributed by atoms with Gasteiger partial charge < -0.3 is 14.6 Å². The number of anilines is 1. The third-order valence-corrected chi connectivity index (χ3v) is 4.70. The van der Waals surface area contributed by atoms with Crippen LogP contribution in [-0.4, -0.2) is 32.8 Å². The van der Waals surface area contributed by atoms with Crippen LogP contribution < -0.4 is 5.32 Å². The minimum absolute atomic E-state index is 0.106. The molecule has 0 radical (unpaired) electrons. The zero-order valence-corrected chi connectivity index (χ0v) is 17.4. The third kappa shape index (κ3) is 4.39. The van der Waals surface area contributed by atoms with Crippen molar-refractivity contribution in [3.8, 4) is 5.69 Å². The fraction of sp³-hybridized carbons (Fsp3) is 0.318. The van der Waals surface area contributed by atoms with Crippen LogP contribution in [0.1, 0.15) is 47.2 Å². The smallest absolute Gasteiger partial charge is 0.340 e. The maximum atomic E-state index is 12.6. The molecule has 7 heteroatoms. The number of nitrogens with one attached hydrogen (secondary N) is 1. The molecule has 0 unspecified atom stereocenters. The van der Waals surface area contributed by atoms with Crippen LogP contribution >= 0.6 is 0 Å². The van der Waals surface area contributed by atoms with Gasteiger partial charge >= 0.3 is 5.97 Å². The molecule has 0 bridgehead atoms. The number of rotatable bonds is 6. The van der Waals surface area contributed by atoms with Crippen molar-refractivity contribution in [2.75, 3.05) is 11.9 Å². The summed E-state index contributed by atoms with van der Waals surface area (Å²) in [6.45, 7) is 9.39. The minimum Gasteiger partial charge on any atom is -0.452 e. The zero-order valence-electron chi connectivity index (χ0n) is 17.4. The standard InChI is InChI=1S/C22H26N4O3/c1-14(2)26-20(10-11-23-26)24-21(27)13-29-22(28)19-12-16(4)25(17(19)5)18-8-6-15(3)7-9-18/h6-12,14H,13H2,1-5H3,(H,24,27). The molecule has 0 aliphatic rings. The normalized spacial score (nSPS) is 11.0. The van der Waals surface area contributed by atoms with Crippen LogP contribution in [0.2, 0.25) is 0 Å². The molecular formula is C22H26N4O3. The molecule has 3 rings (SSSR count). The van der Waals surface area contributed by atoms with E-state index >= 15 is 0 Å². The molecule has 1 aromatic carbocycles. The summed E-state index contributed by atoms with van der Waals surface area (Å²) in [5.74, 6) is -0.365.